The lowest BCUT2D eigenvalue weighted by atomic mass is 10.0. The van der Waals surface area contributed by atoms with E-state index >= 15 is 0 Å². The molecule has 0 heterocycles. The van der Waals surface area contributed by atoms with Crippen LogP contribution in [0.25, 0.3) is 21.5 Å². The molecule has 0 amide bonds. The maximum Gasteiger partial charge on any atom is 0.286 e. The lowest BCUT2D eigenvalue weighted by Gasteiger charge is -2.35. The van der Waals surface area contributed by atoms with Gasteiger partial charge in [0.25, 0.3) is 10.1 Å². The van der Waals surface area contributed by atoms with Crippen LogP contribution < -0.4 is 4.18 Å². The Hall–Kier alpha value is -1.76. The van der Waals surface area contributed by atoms with Crippen molar-refractivity contribution in [2.75, 3.05) is 18.3 Å². The third-order valence-corrected chi connectivity index (χ3v) is 7.34. The van der Waals surface area contributed by atoms with E-state index in [0.29, 0.717) is 12.2 Å². The Bertz CT molecular complexity index is 956. The molecule has 0 fully saturated rings. The minimum Gasteiger partial charge on any atom is -0.390 e. The zero-order valence-corrected chi connectivity index (χ0v) is 16.2. The molecule has 3 rings (SSSR count). The molecule has 0 aliphatic carbocycles. The second-order valence-electron chi connectivity index (χ2n) is 6.20. The maximum absolute atomic E-state index is 12.1. The van der Waals surface area contributed by atoms with Gasteiger partial charge < -0.3 is 4.18 Å². The van der Waals surface area contributed by atoms with Crippen LogP contribution in [0.2, 0.25) is 0 Å². The molecule has 25 heavy (non-hydrogen) atoms. The van der Waals surface area contributed by atoms with Crippen LogP contribution >= 0.6 is 10.6 Å². The first kappa shape index (κ1) is 18.0. The van der Waals surface area contributed by atoms with Crippen molar-refractivity contribution in [1.29, 1.82) is 0 Å². The number of rotatable bonds is 6. The molecule has 0 saturated carbocycles. The molecule has 0 aromatic heterocycles. The maximum atomic E-state index is 12.1. The van der Waals surface area contributed by atoms with Gasteiger partial charge in [-0.3, -0.25) is 0 Å². The summed E-state index contributed by atoms with van der Waals surface area (Å²) in [7, 11) is -5.89. The van der Waals surface area contributed by atoms with E-state index < -0.39 is 20.7 Å². The van der Waals surface area contributed by atoms with Crippen LogP contribution in [0.4, 0.5) is 0 Å². The van der Waals surface area contributed by atoms with Crippen molar-refractivity contribution in [1.82, 2.24) is 0 Å². The van der Waals surface area contributed by atoms with Gasteiger partial charge >= 0.3 is 0 Å². The topological polar surface area (TPSA) is 52.6 Å². The molecule has 4 nitrogen and oxygen atoms in total. The van der Waals surface area contributed by atoms with Gasteiger partial charge in [0.15, 0.2) is 5.75 Å². The molecule has 0 N–H and O–H groups in total. The fourth-order valence-electron chi connectivity index (χ4n) is 2.81. The smallest absolute Gasteiger partial charge is 0.286 e. The molecule has 134 valence electrons. The van der Waals surface area contributed by atoms with Gasteiger partial charge in [0.2, 0.25) is 0 Å². The van der Waals surface area contributed by atoms with Gasteiger partial charge in [-0.25, -0.2) is 0 Å². The molecule has 0 aliphatic heterocycles. The monoisotopic (exact) mass is 378 g/mol. The van der Waals surface area contributed by atoms with Crippen molar-refractivity contribution in [3.05, 3.63) is 54.6 Å². The summed E-state index contributed by atoms with van der Waals surface area (Å²) in [4.78, 5) is 0. The van der Waals surface area contributed by atoms with Crippen molar-refractivity contribution in [2.24, 2.45) is 0 Å². The fourth-order valence-corrected chi connectivity index (χ4v) is 6.27. The summed E-state index contributed by atoms with van der Waals surface area (Å²) in [6, 6.07) is 17.9. The average Bonchev–Trinajstić information content (AvgIpc) is 2.53. The highest BCUT2D eigenvalue weighted by atomic mass is 32.3. The van der Waals surface area contributed by atoms with E-state index in [1.165, 1.54) is 0 Å². The summed E-state index contributed by atoms with van der Waals surface area (Å²) in [6.07, 6.45) is 3.92. The number of fused-ring (bicyclic) bond motifs is 2. The van der Waals surface area contributed by atoms with E-state index in [1.54, 1.807) is 12.5 Å². The number of hydrogen-bond acceptors (Lipinski definition) is 4. The second kappa shape index (κ2) is 6.86. The van der Waals surface area contributed by atoms with Crippen molar-refractivity contribution in [3.8, 4) is 5.75 Å². The first-order valence-corrected chi connectivity index (χ1v) is 12.0. The van der Waals surface area contributed by atoms with Crippen LogP contribution in [0.5, 0.6) is 5.75 Å². The van der Waals surface area contributed by atoms with E-state index in [9.17, 15) is 8.42 Å². The van der Waals surface area contributed by atoms with Crippen molar-refractivity contribution in [3.63, 3.8) is 0 Å². The van der Waals surface area contributed by atoms with Crippen LogP contribution in [-0.4, -0.2) is 26.7 Å². The van der Waals surface area contributed by atoms with E-state index in [1.807, 2.05) is 55.5 Å². The van der Waals surface area contributed by atoms with Crippen molar-refractivity contribution < 1.29 is 16.2 Å². The molecule has 0 aliphatic rings. The second-order valence-corrected chi connectivity index (χ2v) is 10.7. The van der Waals surface area contributed by atoms with Crippen LogP contribution in [0, 0.1) is 0 Å². The Morgan fingerprint density at radius 3 is 1.92 bits per heavy atom. The summed E-state index contributed by atoms with van der Waals surface area (Å²) < 4.78 is 35.8. The summed E-state index contributed by atoms with van der Waals surface area (Å²) in [5.74, 6) is 0.656. The highest BCUT2D eigenvalue weighted by Gasteiger charge is 2.22. The highest BCUT2D eigenvalue weighted by molar-refractivity contribution is 8.28. The quantitative estimate of drug-likeness (QED) is 0.565. The lowest BCUT2D eigenvalue weighted by molar-refractivity contribution is 0.475. The van der Waals surface area contributed by atoms with Crippen LogP contribution in [-0.2, 0) is 13.7 Å². The Balaban J connectivity index is 2.10. The molecule has 0 bridgehead atoms. The standard InChI is InChI=1S/C19H22O4S2/c1-4-13-25(20,21)23-24(2,3)22-19-17-11-7-5-9-15(17)14-16-10-6-8-12-18(16)19/h5-12,14H,4,13H2,1-3H3. The van der Waals surface area contributed by atoms with Crippen molar-refractivity contribution in [2.45, 2.75) is 13.3 Å². The van der Waals surface area contributed by atoms with Gasteiger partial charge in [0.1, 0.15) is 0 Å². The van der Waals surface area contributed by atoms with Gasteiger partial charge in [-0.05, 0) is 23.3 Å². The van der Waals surface area contributed by atoms with Gasteiger partial charge in [-0.1, -0.05) is 55.5 Å². The summed E-state index contributed by atoms with van der Waals surface area (Å²) in [5, 5.41) is 3.97. The van der Waals surface area contributed by atoms with Crippen molar-refractivity contribution >= 4 is 42.3 Å². The average molecular weight is 379 g/mol. The van der Waals surface area contributed by atoms with Gasteiger partial charge in [0.05, 0.1) is 5.75 Å². The summed E-state index contributed by atoms with van der Waals surface area (Å²) in [6.45, 7) is 1.81. The minimum absolute atomic E-state index is 0.0108. The van der Waals surface area contributed by atoms with Crippen LogP contribution in [0.1, 0.15) is 13.3 Å². The highest BCUT2D eigenvalue weighted by Crippen LogP contribution is 2.49. The summed E-state index contributed by atoms with van der Waals surface area (Å²) in [5.41, 5.74) is 0. The van der Waals surface area contributed by atoms with Crippen LogP contribution in [0.3, 0.4) is 0 Å². The Labute approximate surface area is 150 Å². The Morgan fingerprint density at radius 2 is 1.40 bits per heavy atom. The summed E-state index contributed by atoms with van der Waals surface area (Å²) >= 11 is 0. The third-order valence-electron chi connectivity index (χ3n) is 3.73. The lowest BCUT2D eigenvalue weighted by Crippen LogP contribution is -2.17. The van der Waals surface area contributed by atoms with E-state index in [-0.39, 0.29) is 5.75 Å². The first-order valence-electron chi connectivity index (χ1n) is 8.08. The molecule has 0 atom stereocenters. The minimum atomic E-state index is -3.60. The Kier molecular flexibility index (Phi) is 4.95. The zero-order valence-electron chi connectivity index (χ0n) is 14.6. The zero-order chi connectivity index (χ0) is 18.1. The molecule has 0 spiro atoms. The molecule has 3 aromatic carbocycles. The Morgan fingerprint density at radius 1 is 0.880 bits per heavy atom. The predicted octanol–water partition coefficient (Wildman–Crippen LogP) is 5.02. The van der Waals surface area contributed by atoms with E-state index in [4.69, 9.17) is 7.81 Å². The predicted molar refractivity (Wildman–Crippen MR) is 107 cm³/mol. The molecule has 0 radical (unpaired) electrons. The number of benzene rings is 3. The van der Waals surface area contributed by atoms with Gasteiger partial charge in [-0.15, -0.1) is 10.6 Å². The first-order chi connectivity index (χ1) is 11.8. The SMILES string of the molecule is CCCS(=O)(=O)OS(C)(C)Oc1c2ccccc2cc2ccccc12. The van der Waals surface area contributed by atoms with E-state index in [2.05, 4.69) is 6.07 Å². The largest absolute Gasteiger partial charge is 0.390 e. The van der Waals surface area contributed by atoms with E-state index in [0.717, 1.165) is 21.5 Å². The number of hydrogen-bond donors (Lipinski definition) is 0. The van der Waals surface area contributed by atoms with Gasteiger partial charge in [0, 0.05) is 23.3 Å². The normalized spacial score (nSPS) is 13.2. The van der Waals surface area contributed by atoms with Crippen LogP contribution in [0.15, 0.2) is 54.6 Å². The molecule has 0 unspecified atom stereocenters. The molecular formula is C19H22O4S2. The molecular weight excluding hydrogens is 356 g/mol. The molecule has 0 saturated heterocycles. The fraction of sp³-hybridized carbons (Fsp3) is 0.263. The molecule has 3 aromatic rings. The molecule has 6 heteroatoms. The third kappa shape index (κ3) is 4.08. The van der Waals surface area contributed by atoms with Gasteiger partial charge in [-0.2, -0.15) is 12.0 Å².